The summed E-state index contributed by atoms with van der Waals surface area (Å²) in [6, 6.07) is 8.74. The number of thioether (sulfide) groups is 1. The van der Waals surface area contributed by atoms with Gasteiger partial charge in [0.05, 0.1) is 18.2 Å². The van der Waals surface area contributed by atoms with Crippen LogP contribution < -0.4 is 5.56 Å². The molecule has 1 aromatic carbocycles. The number of esters is 1. The van der Waals surface area contributed by atoms with Gasteiger partial charge in [-0.05, 0) is 18.4 Å². The Morgan fingerprint density at radius 3 is 2.62 bits per heavy atom. The first-order chi connectivity index (χ1) is 11.6. The molecule has 1 N–H and O–H groups in total. The molecule has 0 aliphatic carbocycles. The van der Waals surface area contributed by atoms with E-state index < -0.39 is 22.8 Å². The summed E-state index contributed by atoms with van der Waals surface area (Å²) in [5.74, 6) is -1.40. The normalized spacial score (nSPS) is 10.8. The van der Waals surface area contributed by atoms with Gasteiger partial charge in [0, 0.05) is 6.20 Å². The van der Waals surface area contributed by atoms with Crippen molar-refractivity contribution in [2.75, 3.05) is 13.4 Å². The summed E-state index contributed by atoms with van der Waals surface area (Å²) in [6.07, 6.45) is 3.18. The SMILES string of the molecule is COC(=O)c1c(O)c2cnc(SC)nc2n(-c2ccccc2)c1=O. The lowest BCUT2D eigenvalue weighted by atomic mass is 10.1. The van der Waals surface area contributed by atoms with E-state index in [4.69, 9.17) is 0 Å². The van der Waals surface area contributed by atoms with Crippen LogP contribution in [0.4, 0.5) is 0 Å². The van der Waals surface area contributed by atoms with Crippen molar-refractivity contribution in [1.82, 2.24) is 14.5 Å². The number of methoxy groups -OCH3 is 1. The highest BCUT2D eigenvalue weighted by Gasteiger charge is 2.24. The van der Waals surface area contributed by atoms with Gasteiger partial charge >= 0.3 is 5.97 Å². The first kappa shape index (κ1) is 16.0. The van der Waals surface area contributed by atoms with Crippen molar-refractivity contribution in [2.24, 2.45) is 0 Å². The minimum absolute atomic E-state index is 0.191. The molecule has 0 bridgehead atoms. The Balaban J connectivity index is 2.51. The van der Waals surface area contributed by atoms with Gasteiger partial charge in [-0.15, -0.1) is 0 Å². The van der Waals surface area contributed by atoms with Crippen molar-refractivity contribution in [1.29, 1.82) is 0 Å². The smallest absolute Gasteiger partial charge is 0.347 e. The number of hydrogen-bond donors (Lipinski definition) is 1. The Morgan fingerprint density at radius 2 is 2.00 bits per heavy atom. The Bertz CT molecular complexity index is 986. The molecule has 2 heterocycles. The summed E-state index contributed by atoms with van der Waals surface area (Å²) < 4.78 is 5.89. The Hall–Kier alpha value is -2.87. The summed E-state index contributed by atoms with van der Waals surface area (Å²) in [4.78, 5) is 33.2. The van der Waals surface area contributed by atoms with Crippen LogP contribution in [0.15, 0.2) is 46.5 Å². The van der Waals surface area contributed by atoms with Gasteiger partial charge < -0.3 is 9.84 Å². The number of benzene rings is 1. The fourth-order valence-corrected chi connectivity index (χ4v) is 2.68. The highest BCUT2D eigenvalue weighted by atomic mass is 32.2. The first-order valence-electron chi connectivity index (χ1n) is 6.91. The Labute approximate surface area is 140 Å². The number of ether oxygens (including phenoxy) is 1. The number of aromatic hydroxyl groups is 1. The van der Waals surface area contributed by atoms with E-state index in [1.165, 1.54) is 22.5 Å². The van der Waals surface area contributed by atoms with Crippen molar-refractivity contribution < 1.29 is 14.6 Å². The molecule has 0 aliphatic heterocycles. The fraction of sp³-hybridized carbons (Fsp3) is 0.125. The molecule has 24 heavy (non-hydrogen) atoms. The average Bonchev–Trinajstić information content (AvgIpc) is 2.62. The lowest BCUT2D eigenvalue weighted by Crippen LogP contribution is -2.27. The van der Waals surface area contributed by atoms with Crippen LogP contribution in [0.1, 0.15) is 10.4 Å². The molecule has 2 aromatic heterocycles. The van der Waals surface area contributed by atoms with Crippen LogP contribution >= 0.6 is 11.8 Å². The maximum Gasteiger partial charge on any atom is 0.347 e. The van der Waals surface area contributed by atoms with Crippen molar-refractivity contribution in [3.8, 4) is 11.4 Å². The number of aromatic nitrogens is 3. The van der Waals surface area contributed by atoms with Crippen LogP contribution in [-0.2, 0) is 4.74 Å². The third-order valence-electron chi connectivity index (χ3n) is 3.45. The minimum atomic E-state index is -0.918. The van der Waals surface area contributed by atoms with Crippen LogP contribution in [0.5, 0.6) is 5.75 Å². The molecule has 7 nitrogen and oxygen atoms in total. The molecule has 0 saturated carbocycles. The molecular weight excluding hydrogens is 330 g/mol. The summed E-state index contributed by atoms with van der Waals surface area (Å²) in [5.41, 5.74) is -0.419. The number of carbonyl (C=O) groups excluding carboxylic acids is 1. The molecule has 0 amide bonds. The van der Waals surface area contributed by atoms with Gasteiger partial charge in [-0.3, -0.25) is 9.36 Å². The van der Waals surface area contributed by atoms with E-state index in [2.05, 4.69) is 14.7 Å². The Kier molecular flexibility index (Phi) is 4.22. The standard InChI is InChI=1S/C16H13N3O4S/c1-23-15(22)11-12(20)10-8-17-16(24-2)18-13(10)19(14(11)21)9-6-4-3-5-7-9/h3-8,20H,1-2H3. The first-order valence-corrected chi connectivity index (χ1v) is 8.13. The zero-order chi connectivity index (χ0) is 17.3. The highest BCUT2D eigenvalue weighted by molar-refractivity contribution is 7.98. The average molecular weight is 343 g/mol. The van der Waals surface area contributed by atoms with Gasteiger partial charge in [0.2, 0.25) is 0 Å². The third kappa shape index (κ3) is 2.50. The van der Waals surface area contributed by atoms with E-state index in [1.54, 1.807) is 36.6 Å². The van der Waals surface area contributed by atoms with Gasteiger partial charge in [0.25, 0.3) is 5.56 Å². The molecule has 0 atom stereocenters. The molecule has 0 radical (unpaired) electrons. The molecule has 0 unspecified atom stereocenters. The molecule has 0 spiro atoms. The lowest BCUT2D eigenvalue weighted by molar-refractivity contribution is 0.0595. The maximum atomic E-state index is 12.8. The Morgan fingerprint density at radius 1 is 1.29 bits per heavy atom. The largest absolute Gasteiger partial charge is 0.506 e. The number of rotatable bonds is 3. The zero-order valence-corrected chi connectivity index (χ0v) is 13.7. The second kappa shape index (κ2) is 6.32. The minimum Gasteiger partial charge on any atom is -0.506 e. The zero-order valence-electron chi connectivity index (χ0n) is 12.9. The van der Waals surface area contributed by atoms with Crippen LogP contribution in [0.25, 0.3) is 16.7 Å². The van der Waals surface area contributed by atoms with E-state index in [-0.39, 0.29) is 11.0 Å². The predicted molar refractivity (Wildman–Crippen MR) is 89.9 cm³/mol. The summed E-state index contributed by atoms with van der Waals surface area (Å²) in [5, 5.41) is 11.0. The summed E-state index contributed by atoms with van der Waals surface area (Å²) >= 11 is 1.30. The van der Waals surface area contributed by atoms with Crippen molar-refractivity contribution in [3.05, 3.63) is 52.4 Å². The molecule has 122 valence electrons. The second-order valence-corrected chi connectivity index (χ2v) is 5.56. The summed E-state index contributed by atoms with van der Waals surface area (Å²) in [6.45, 7) is 0. The van der Waals surface area contributed by atoms with Gasteiger partial charge in [-0.2, -0.15) is 0 Å². The van der Waals surface area contributed by atoms with Crippen LogP contribution in [0.2, 0.25) is 0 Å². The van der Waals surface area contributed by atoms with E-state index in [0.717, 1.165) is 7.11 Å². The fourth-order valence-electron chi connectivity index (χ4n) is 2.34. The number of nitrogens with zero attached hydrogens (tertiary/aromatic N) is 3. The molecule has 0 fully saturated rings. The quantitative estimate of drug-likeness (QED) is 0.441. The number of pyridine rings is 1. The predicted octanol–water partition coefficient (Wildman–Crippen LogP) is 1.99. The van der Waals surface area contributed by atoms with Crippen LogP contribution in [-0.4, -0.2) is 39.0 Å². The maximum absolute atomic E-state index is 12.8. The highest BCUT2D eigenvalue weighted by Crippen LogP contribution is 2.28. The molecule has 8 heteroatoms. The van der Waals surface area contributed by atoms with E-state index in [0.29, 0.717) is 10.8 Å². The van der Waals surface area contributed by atoms with E-state index in [9.17, 15) is 14.7 Å². The summed E-state index contributed by atoms with van der Waals surface area (Å²) in [7, 11) is 1.14. The lowest BCUT2D eigenvalue weighted by Gasteiger charge is -2.13. The van der Waals surface area contributed by atoms with Gasteiger partial charge in [0.15, 0.2) is 16.4 Å². The van der Waals surface area contributed by atoms with Gasteiger partial charge in [-0.25, -0.2) is 14.8 Å². The van der Waals surface area contributed by atoms with E-state index in [1.807, 2.05) is 0 Å². The van der Waals surface area contributed by atoms with Crippen molar-refractivity contribution >= 4 is 28.8 Å². The molecule has 3 rings (SSSR count). The molecule has 3 aromatic rings. The van der Waals surface area contributed by atoms with Crippen molar-refractivity contribution in [2.45, 2.75) is 5.16 Å². The number of carbonyl (C=O) groups is 1. The third-order valence-corrected chi connectivity index (χ3v) is 4.02. The second-order valence-electron chi connectivity index (χ2n) is 4.79. The molecule has 0 saturated heterocycles. The monoisotopic (exact) mass is 343 g/mol. The van der Waals surface area contributed by atoms with Gasteiger partial charge in [0.1, 0.15) is 5.75 Å². The topological polar surface area (TPSA) is 94.3 Å². The number of hydrogen-bond acceptors (Lipinski definition) is 7. The molecular formula is C16H13N3O4S. The van der Waals surface area contributed by atoms with E-state index >= 15 is 0 Å². The molecule has 0 aliphatic rings. The number of fused-ring (bicyclic) bond motifs is 1. The van der Waals surface area contributed by atoms with Crippen LogP contribution in [0.3, 0.4) is 0 Å². The van der Waals surface area contributed by atoms with Crippen LogP contribution in [0, 0.1) is 0 Å². The van der Waals surface area contributed by atoms with Gasteiger partial charge in [-0.1, -0.05) is 30.0 Å². The van der Waals surface area contributed by atoms with Crippen molar-refractivity contribution in [3.63, 3.8) is 0 Å². The number of para-hydroxylation sites is 1.